The topological polar surface area (TPSA) is 41.6 Å². The van der Waals surface area contributed by atoms with Crippen molar-refractivity contribution >= 4 is 5.91 Å². The number of nitrogens with one attached hydrogen (secondary N) is 1. The van der Waals surface area contributed by atoms with Crippen LogP contribution < -0.4 is 5.32 Å². The second-order valence-corrected chi connectivity index (χ2v) is 6.93. The lowest BCUT2D eigenvalue weighted by molar-refractivity contribution is -0.122. The predicted molar refractivity (Wildman–Crippen MR) is 104 cm³/mol. The third-order valence-electron chi connectivity index (χ3n) is 4.84. The van der Waals surface area contributed by atoms with Crippen LogP contribution in [0.15, 0.2) is 54.6 Å². The van der Waals surface area contributed by atoms with Crippen molar-refractivity contribution < 1.29 is 9.53 Å². The Hall–Kier alpha value is -2.17. The van der Waals surface area contributed by atoms with E-state index in [2.05, 4.69) is 53.5 Å². The van der Waals surface area contributed by atoms with Crippen molar-refractivity contribution in [3.05, 3.63) is 71.3 Å². The number of aryl methyl sites for hydroxylation is 2. The molecule has 1 aliphatic heterocycles. The van der Waals surface area contributed by atoms with Gasteiger partial charge in [-0.15, -0.1) is 0 Å². The van der Waals surface area contributed by atoms with Crippen LogP contribution in [0.3, 0.4) is 0 Å². The van der Waals surface area contributed by atoms with Crippen LogP contribution in [0.2, 0.25) is 0 Å². The van der Waals surface area contributed by atoms with E-state index in [1.807, 2.05) is 18.2 Å². The zero-order valence-electron chi connectivity index (χ0n) is 15.5. The molecule has 0 bridgehead atoms. The maximum atomic E-state index is 12.6. The molecule has 1 atom stereocenters. The van der Waals surface area contributed by atoms with E-state index in [-0.39, 0.29) is 11.9 Å². The maximum absolute atomic E-state index is 12.6. The average Bonchev–Trinajstić information content (AvgIpc) is 2.68. The summed E-state index contributed by atoms with van der Waals surface area (Å²) in [7, 11) is 0. The van der Waals surface area contributed by atoms with Gasteiger partial charge in [0.15, 0.2) is 0 Å². The molecule has 2 aromatic carbocycles. The van der Waals surface area contributed by atoms with Crippen LogP contribution in [0.1, 0.15) is 29.2 Å². The Morgan fingerprint density at radius 2 is 1.77 bits per heavy atom. The van der Waals surface area contributed by atoms with E-state index in [1.54, 1.807) is 0 Å². The first-order chi connectivity index (χ1) is 12.7. The Morgan fingerprint density at radius 3 is 2.46 bits per heavy atom. The fourth-order valence-electron chi connectivity index (χ4n) is 3.24. The fraction of sp³-hybridized carbons (Fsp3) is 0.409. The molecule has 3 rings (SSSR count). The number of morpholine rings is 1. The van der Waals surface area contributed by atoms with Crippen LogP contribution in [0.4, 0.5) is 0 Å². The van der Waals surface area contributed by atoms with Gasteiger partial charge >= 0.3 is 0 Å². The van der Waals surface area contributed by atoms with E-state index in [1.165, 1.54) is 11.1 Å². The van der Waals surface area contributed by atoms with E-state index in [4.69, 9.17) is 4.74 Å². The predicted octanol–water partition coefficient (Wildman–Crippen LogP) is 3.12. The van der Waals surface area contributed by atoms with E-state index < -0.39 is 0 Å². The summed E-state index contributed by atoms with van der Waals surface area (Å²) in [5.41, 5.74) is 3.59. The first kappa shape index (κ1) is 18.6. The number of benzene rings is 2. The minimum atomic E-state index is 0.0111. The lowest BCUT2D eigenvalue weighted by Gasteiger charge is -2.31. The van der Waals surface area contributed by atoms with Gasteiger partial charge in [-0.3, -0.25) is 9.69 Å². The van der Waals surface area contributed by atoms with Crippen molar-refractivity contribution in [1.29, 1.82) is 0 Å². The van der Waals surface area contributed by atoms with E-state index in [0.29, 0.717) is 6.42 Å². The van der Waals surface area contributed by atoms with Crippen molar-refractivity contribution in [3.8, 4) is 0 Å². The number of hydrogen-bond acceptors (Lipinski definition) is 3. The number of carbonyl (C=O) groups is 1. The summed E-state index contributed by atoms with van der Waals surface area (Å²) in [6, 6.07) is 18.6. The van der Waals surface area contributed by atoms with Gasteiger partial charge in [0.05, 0.1) is 19.3 Å². The Morgan fingerprint density at radius 1 is 1.08 bits per heavy atom. The molecule has 1 fully saturated rings. The molecule has 4 nitrogen and oxygen atoms in total. The second-order valence-electron chi connectivity index (χ2n) is 6.93. The highest BCUT2D eigenvalue weighted by molar-refractivity contribution is 5.76. The van der Waals surface area contributed by atoms with Crippen LogP contribution in [-0.4, -0.2) is 43.7 Å². The SMILES string of the molecule is Cc1ccc(C(CN2CCOCC2)NC(=O)CCc2ccccc2)cc1. The zero-order chi connectivity index (χ0) is 18.2. The smallest absolute Gasteiger partial charge is 0.220 e. The molecule has 138 valence electrons. The van der Waals surface area contributed by atoms with Gasteiger partial charge in [0.1, 0.15) is 0 Å². The van der Waals surface area contributed by atoms with Gasteiger partial charge in [0, 0.05) is 26.1 Å². The monoisotopic (exact) mass is 352 g/mol. The normalized spacial score (nSPS) is 16.2. The largest absolute Gasteiger partial charge is 0.379 e. The highest BCUT2D eigenvalue weighted by atomic mass is 16.5. The fourth-order valence-corrected chi connectivity index (χ4v) is 3.24. The highest BCUT2D eigenvalue weighted by Gasteiger charge is 2.20. The number of hydrogen-bond donors (Lipinski definition) is 1. The standard InChI is InChI=1S/C22H28N2O2/c1-18-7-10-20(11-8-18)21(17-24-13-15-26-16-14-24)23-22(25)12-9-19-5-3-2-4-6-19/h2-8,10-11,21H,9,12-17H2,1H3,(H,23,25). The van der Waals surface area contributed by atoms with Gasteiger partial charge in [0.2, 0.25) is 5.91 Å². The summed E-state index contributed by atoms with van der Waals surface area (Å²) in [4.78, 5) is 14.9. The molecule has 2 aromatic rings. The molecule has 0 aromatic heterocycles. The number of ether oxygens (including phenoxy) is 1. The first-order valence-electron chi connectivity index (χ1n) is 9.40. The molecule has 0 saturated carbocycles. The van der Waals surface area contributed by atoms with Gasteiger partial charge < -0.3 is 10.1 Å². The highest BCUT2D eigenvalue weighted by Crippen LogP contribution is 2.17. The summed E-state index contributed by atoms with van der Waals surface area (Å²) >= 11 is 0. The Bertz CT molecular complexity index is 679. The quantitative estimate of drug-likeness (QED) is 0.832. The van der Waals surface area contributed by atoms with Gasteiger partial charge in [-0.25, -0.2) is 0 Å². The molecule has 1 saturated heterocycles. The molecule has 0 aliphatic carbocycles. The number of rotatable bonds is 7. The maximum Gasteiger partial charge on any atom is 0.220 e. The molecule has 1 heterocycles. The van der Waals surface area contributed by atoms with E-state index >= 15 is 0 Å². The van der Waals surface area contributed by atoms with Crippen LogP contribution in [0.5, 0.6) is 0 Å². The van der Waals surface area contributed by atoms with Gasteiger partial charge in [-0.2, -0.15) is 0 Å². The van der Waals surface area contributed by atoms with E-state index in [0.717, 1.165) is 44.8 Å². The third-order valence-corrected chi connectivity index (χ3v) is 4.84. The lowest BCUT2D eigenvalue weighted by Crippen LogP contribution is -2.43. The lowest BCUT2D eigenvalue weighted by atomic mass is 10.0. The molecule has 4 heteroatoms. The van der Waals surface area contributed by atoms with Crippen molar-refractivity contribution in [2.75, 3.05) is 32.8 Å². The molecule has 1 N–H and O–H groups in total. The van der Waals surface area contributed by atoms with Crippen molar-refractivity contribution in [2.24, 2.45) is 0 Å². The average molecular weight is 352 g/mol. The first-order valence-corrected chi connectivity index (χ1v) is 9.40. The molecule has 26 heavy (non-hydrogen) atoms. The summed E-state index contributed by atoms with van der Waals surface area (Å²) in [6.45, 7) is 6.28. The molecule has 1 unspecified atom stereocenters. The Labute approximate surface area is 156 Å². The molecular weight excluding hydrogens is 324 g/mol. The summed E-state index contributed by atoms with van der Waals surface area (Å²) < 4.78 is 5.44. The minimum absolute atomic E-state index is 0.0111. The molecule has 1 aliphatic rings. The Balaban J connectivity index is 1.62. The van der Waals surface area contributed by atoms with Crippen LogP contribution in [-0.2, 0) is 16.0 Å². The molecule has 1 amide bonds. The number of carbonyl (C=O) groups excluding carboxylic acids is 1. The number of nitrogens with zero attached hydrogens (tertiary/aromatic N) is 1. The third kappa shape index (κ3) is 5.68. The summed E-state index contributed by atoms with van der Waals surface area (Å²) in [5, 5.41) is 3.25. The number of amides is 1. The van der Waals surface area contributed by atoms with Gasteiger partial charge in [-0.05, 0) is 24.5 Å². The van der Waals surface area contributed by atoms with Crippen LogP contribution in [0, 0.1) is 6.92 Å². The van der Waals surface area contributed by atoms with Crippen LogP contribution >= 0.6 is 0 Å². The summed E-state index contributed by atoms with van der Waals surface area (Å²) in [6.07, 6.45) is 1.28. The molecule has 0 spiro atoms. The molecule has 0 radical (unpaired) electrons. The summed E-state index contributed by atoms with van der Waals surface area (Å²) in [5.74, 6) is 0.104. The van der Waals surface area contributed by atoms with Crippen LogP contribution in [0.25, 0.3) is 0 Å². The minimum Gasteiger partial charge on any atom is -0.379 e. The van der Waals surface area contributed by atoms with Gasteiger partial charge in [0.25, 0.3) is 0 Å². The van der Waals surface area contributed by atoms with Crippen molar-refractivity contribution in [3.63, 3.8) is 0 Å². The molecular formula is C22H28N2O2. The van der Waals surface area contributed by atoms with Gasteiger partial charge in [-0.1, -0.05) is 60.2 Å². The van der Waals surface area contributed by atoms with Crippen molar-refractivity contribution in [1.82, 2.24) is 10.2 Å². The zero-order valence-corrected chi connectivity index (χ0v) is 15.5. The Kier molecular flexibility index (Phi) is 6.81. The second kappa shape index (κ2) is 9.51. The van der Waals surface area contributed by atoms with E-state index in [9.17, 15) is 4.79 Å². The van der Waals surface area contributed by atoms with Crippen molar-refractivity contribution in [2.45, 2.75) is 25.8 Å².